The number of pyridine rings is 1. The Kier molecular flexibility index (Phi) is 5.42. The number of nitrogens with zero attached hydrogens (tertiary/aromatic N) is 4. The van der Waals surface area contributed by atoms with Gasteiger partial charge in [-0.25, -0.2) is 9.37 Å². The fraction of sp³-hybridized carbons (Fsp3) is 0.238. The maximum atomic E-state index is 12.9. The summed E-state index contributed by atoms with van der Waals surface area (Å²) in [5, 5.41) is 11.6. The number of ether oxygens (including phenoxy) is 1. The molecule has 0 atom stereocenters. The van der Waals surface area contributed by atoms with Crippen molar-refractivity contribution in [1.29, 1.82) is 0 Å². The number of piperazine rings is 1. The number of halogens is 1. The number of non-ortho nitro benzene ring substituents is 1. The number of aromatic nitrogens is 1. The lowest BCUT2D eigenvalue weighted by molar-refractivity contribution is -0.384. The molecule has 1 saturated heterocycles. The Morgan fingerprint density at radius 1 is 1.07 bits per heavy atom. The highest BCUT2D eigenvalue weighted by Crippen LogP contribution is 2.23. The maximum Gasteiger partial charge on any atom is 0.270 e. The standard InChI is InChI=1S/C21H19FN4O4/c22-16-2-5-18(6-3-16)30-14-21(27)25-11-9-24(10-12-25)20-8-1-15-13-17(26(28)29)4-7-19(15)23-20/h1-8,13H,9-12,14H2. The number of carbonyl (C=O) groups excluding carboxylic acids is 1. The minimum absolute atomic E-state index is 0.0343. The molecule has 0 bridgehead atoms. The van der Waals surface area contributed by atoms with Gasteiger partial charge in [-0.15, -0.1) is 0 Å². The smallest absolute Gasteiger partial charge is 0.270 e. The Morgan fingerprint density at radius 2 is 1.80 bits per heavy atom. The van der Waals surface area contributed by atoms with Crippen molar-refractivity contribution in [2.75, 3.05) is 37.7 Å². The molecule has 2 aromatic carbocycles. The number of rotatable bonds is 5. The van der Waals surface area contributed by atoms with Gasteiger partial charge in [-0.05, 0) is 42.5 Å². The number of carbonyl (C=O) groups is 1. The molecular weight excluding hydrogens is 391 g/mol. The molecule has 0 saturated carbocycles. The second-order valence-corrected chi connectivity index (χ2v) is 6.91. The molecule has 1 fully saturated rings. The summed E-state index contributed by atoms with van der Waals surface area (Å²) in [7, 11) is 0. The van der Waals surface area contributed by atoms with E-state index in [2.05, 4.69) is 9.88 Å². The summed E-state index contributed by atoms with van der Waals surface area (Å²) in [6.45, 7) is 2.21. The number of hydrogen-bond acceptors (Lipinski definition) is 6. The van der Waals surface area contributed by atoms with Crippen molar-refractivity contribution in [3.8, 4) is 5.75 Å². The third-order valence-electron chi connectivity index (χ3n) is 5.00. The van der Waals surface area contributed by atoms with Crippen LogP contribution in [0.25, 0.3) is 10.9 Å². The number of benzene rings is 2. The van der Waals surface area contributed by atoms with Crippen molar-refractivity contribution in [2.24, 2.45) is 0 Å². The lowest BCUT2D eigenvalue weighted by atomic mass is 10.2. The molecule has 0 aliphatic carbocycles. The zero-order valence-corrected chi connectivity index (χ0v) is 16.0. The first-order valence-electron chi connectivity index (χ1n) is 9.46. The Hall–Kier alpha value is -3.75. The minimum atomic E-state index is -0.427. The van der Waals surface area contributed by atoms with Gasteiger partial charge in [0.1, 0.15) is 17.4 Å². The summed E-state index contributed by atoms with van der Waals surface area (Å²) < 4.78 is 18.4. The number of hydrogen-bond donors (Lipinski definition) is 0. The number of anilines is 1. The zero-order chi connectivity index (χ0) is 21.1. The van der Waals surface area contributed by atoms with Crippen molar-refractivity contribution in [1.82, 2.24) is 9.88 Å². The summed E-state index contributed by atoms with van der Waals surface area (Å²) in [4.78, 5) is 31.3. The first-order chi connectivity index (χ1) is 14.5. The van der Waals surface area contributed by atoms with E-state index in [9.17, 15) is 19.3 Å². The predicted molar refractivity (Wildman–Crippen MR) is 109 cm³/mol. The molecule has 4 rings (SSSR count). The van der Waals surface area contributed by atoms with Gasteiger partial charge in [0.15, 0.2) is 6.61 Å². The normalized spacial score (nSPS) is 14.0. The number of nitro groups is 1. The number of nitro benzene ring substituents is 1. The van der Waals surface area contributed by atoms with Crippen LogP contribution in [-0.4, -0.2) is 53.5 Å². The molecule has 9 heteroatoms. The van der Waals surface area contributed by atoms with Crippen molar-refractivity contribution < 1.29 is 18.8 Å². The fourth-order valence-corrected chi connectivity index (χ4v) is 3.34. The lowest BCUT2D eigenvalue weighted by Crippen LogP contribution is -2.50. The van der Waals surface area contributed by atoms with Gasteiger partial charge in [0, 0.05) is 43.7 Å². The van der Waals surface area contributed by atoms with E-state index >= 15 is 0 Å². The van der Waals surface area contributed by atoms with Crippen molar-refractivity contribution in [3.05, 3.63) is 70.5 Å². The molecule has 0 radical (unpaired) electrons. The van der Waals surface area contributed by atoms with E-state index in [4.69, 9.17) is 4.74 Å². The van der Waals surface area contributed by atoms with Gasteiger partial charge in [0.05, 0.1) is 10.4 Å². The van der Waals surface area contributed by atoms with E-state index in [1.54, 1.807) is 11.0 Å². The van der Waals surface area contributed by atoms with E-state index in [1.165, 1.54) is 36.4 Å². The monoisotopic (exact) mass is 410 g/mol. The van der Waals surface area contributed by atoms with E-state index < -0.39 is 4.92 Å². The Balaban J connectivity index is 1.34. The molecule has 0 spiro atoms. The second kappa shape index (κ2) is 8.32. The molecule has 1 aliphatic rings. The van der Waals surface area contributed by atoms with Gasteiger partial charge in [-0.1, -0.05) is 0 Å². The molecule has 3 aromatic rings. The second-order valence-electron chi connectivity index (χ2n) is 6.91. The third kappa shape index (κ3) is 4.29. The van der Waals surface area contributed by atoms with Crippen LogP contribution in [0.5, 0.6) is 5.75 Å². The van der Waals surface area contributed by atoms with Gasteiger partial charge < -0.3 is 14.5 Å². The summed E-state index contributed by atoms with van der Waals surface area (Å²) >= 11 is 0. The predicted octanol–water partition coefficient (Wildman–Crippen LogP) is 3.01. The SMILES string of the molecule is O=C(COc1ccc(F)cc1)N1CCN(c2ccc3cc([N+](=O)[O-])ccc3n2)CC1. The van der Waals surface area contributed by atoms with Crippen molar-refractivity contribution in [3.63, 3.8) is 0 Å². The van der Waals surface area contributed by atoms with Crippen molar-refractivity contribution in [2.45, 2.75) is 0 Å². The quantitative estimate of drug-likeness (QED) is 0.475. The maximum absolute atomic E-state index is 12.9. The molecule has 0 unspecified atom stereocenters. The summed E-state index contributed by atoms with van der Waals surface area (Å²) in [5.41, 5.74) is 0.719. The molecule has 1 aromatic heterocycles. The van der Waals surface area contributed by atoms with Crippen LogP contribution >= 0.6 is 0 Å². The first kappa shape index (κ1) is 19.6. The molecule has 30 heavy (non-hydrogen) atoms. The third-order valence-corrected chi connectivity index (χ3v) is 5.00. The van der Waals surface area contributed by atoms with E-state index in [-0.39, 0.29) is 24.0 Å². The zero-order valence-electron chi connectivity index (χ0n) is 16.0. The van der Waals surface area contributed by atoms with Crippen LogP contribution in [0.4, 0.5) is 15.9 Å². The fourth-order valence-electron chi connectivity index (χ4n) is 3.34. The van der Waals surface area contributed by atoms with Crippen LogP contribution in [0.15, 0.2) is 54.6 Å². The molecule has 1 amide bonds. The average Bonchev–Trinajstić information content (AvgIpc) is 2.78. The van der Waals surface area contributed by atoms with Gasteiger partial charge in [0.2, 0.25) is 0 Å². The highest BCUT2D eigenvalue weighted by Gasteiger charge is 2.22. The average molecular weight is 410 g/mol. The van der Waals surface area contributed by atoms with E-state index in [0.29, 0.717) is 42.8 Å². The van der Waals surface area contributed by atoms with Crippen LogP contribution < -0.4 is 9.64 Å². The van der Waals surface area contributed by atoms with E-state index in [0.717, 1.165) is 5.82 Å². The van der Waals surface area contributed by atoms with Crippen molar-refractivity contribution >= 4 is 28.3 Å². The van der Waals surface area contributed by atoms with E-state index in [1.807, 2.05) is 12.1 Å². The van der Waals surface area contributed by atoms with Gasteiger partial charge in [-0.3, -0.25) is 14.9 Å². The lowest BCUT2D eigenvalue weighted by Gasteiger charge is -2.35. The van der Waals surface area contributed by atoms with Crippen LogP contribution in [-0.2, 0) is 4.79 Å². The number of fused-ring (bicyclic) bond motifs is 1. The molecule has 2 heterocycles. The van der Waals surface area contributed by atoms with Crippen LogP contribution in [0.3, 0.4) is 0 Å². The summed E-state index contributed by atoms with van der Waals surface area (Å²) in [5.74, 6) is 0.734. The molecule has 154 valence electrons. The van der Waals surface area contributed by atoms with Crippen LogP contribution in [0.2, 0.25) is 0 Å². The molecule has 8 nitrogen and oxygen atoms in total. The first-order valence-corrected chi connectivity index (χ1v) is 9.46. The largest absolute Gasteiger partial charge is 0.484 e. The Morgan fingerprint density at radius 3 is 2.50 bits per heavy atom. The van der Waals surface area contributed by atoms with Crippen LogP contribution in [0, 0.1) is 15.9 Å². The highest BCUT2D eigenvalue weighted by atomic mass is 19.1. The van der Waals surface area contributed by atoms with Crippen LogP contribution in [0.1, 0.15) is 0 Å². The van der Waals surface area contributed by atoms with Gasteiger partial charge in [0.25, 0.3) is 11.6 Å². The highest BCUT2D eigenvalue weighted by molar-refractivity contribution is 5.83. The number of amides is 1. The van der Waals surface area contributed by atoms with Gasteiger partial charge in [-0.2, -0.15) is 0 Å². The molecule has 0 N–H and O–H groups in total. The van der Waals surface area contributed by atoms with Gasteiger partial charge >= 0.3 is 0 Å². The Labute approximate surface area is 171 Å². The topological polar surface area (TPSA) is 88.8 Å². The summed E-state index contributed by atoms with van der Waals surface area (Å²) in [6, 6.07) is 13.8. The molecular formula is C21H19FN4O4. The Bertz CT molecular complexity index is 1080. The molecule has 1 aliphatic heterocycles. The summed E-state index contributed by atoms with van der Waals surface area (Å²) in [6.07, 6.45) is 0. The minimum Gasteiger partial charge on any atom is -0.484 e.